The Morgan fingerprint density at radius 1 is 0.651 bits per heavy atom. The van der Waals surface area contributed by atoms with E-state index in [1.807, 2.05) is 0 Å². The maximum absolute atomic E-state index is 10.8. The van der Waals surface area contributed by atoms with Crippen LogP contribution in [0, 0.1) is 71.0 Å². The van der Waals surface area contributed by atoms with Crippen LogP contribution in [0.25, 0.3) is 0 Å². The number of hydrogen-bond donors (Lipinski definition) is 2. The van der Waals surface area contributed by atoms with Gasteiger partial charge in [-0.15, -0.1) is 0 Å². The summed E-state index contributed by atoms with van der Waals surface area (Å²) in [5, 5.41) is 21.5. The number of rotatable bonds is 10. The Morgan fingerprint density at radius 3 is 1.44 bits per heavy atom. The van der Waals surface area contributed by atoms with E-state index in [2.05, 4.69) is 116 Å². The van der Waals surface area contributed by atoms with Crippen molar-refractivity contribution in [3.8, 4) is 0 Å². The molecule has 0 aromatic carbocycles. The van der Waals surface area contributed by atoms with E-state index >= 15 is 0 Å². The van der Waals surface area contributed by atoms with Crippen molar-refractivity contribution in [3.63, 3.8) is 0 Å². The topological polar surface area (TPSA) is 49.7 Å². The van der Waals surface area contributed by atoms with Gasteiger partial charge < -0.3 is 14.9 Å². The Labute approximate surface area is 264 Å². The fraction of sp³-hybridized carbons (Fsp3) is 0.700. The van der Waals surface area contributed by atoms with Gasteiger partial charge in [0.05, 0.1) is 25.4 Å². The predicted octanol–water partition coefficient (Wildman–Crippen LogP) is 8.97. The fourth-order valence-electron chi connectivity index (χ4n) is 9.04. The number of allylic oxidation sites excluding steroid dienone is 10. The molecule has 4 aliphatic rings. The molecule has 43 heavy (non-hydrogen) atoms. The molecule has 2 saturated carbocycles. The van der Waals surface area contributed by atoms with Crippen molar-refractivity contribution < 1.29 is 14.9 Å². The van der Waals surface area contributed by atoms with Gasteiger partial charge in [0, 0.05) is 0 Å². The van der Waals surface area contributed by atoms with E-state index in [0.717, 1.165) is 38.9 Å². The summed E-state index contributed by atoms with van der Waals surface area (Å²) in [7, 11) is 0. The lowest BCUT2D eigenvalue weighted by molar-refractivity contribution is -0.0390. The number of hydrogen-bond acceptors (Lipinski definition) is 3. The second kappa shape index (κ2) is 15.5. The second-order valence-corrected chi connectivity index (χ2v) is 15.2. The summed E-state index contributed by atoms with van der Waals surface area (Å²) in [6.45, 7) is 19.4. The molecule has 0 saturated heterocycles. The van der Waals surface area contributed by atoms with Crippen molar-refractivity contribution in [2.24, 2.45) is 71.0 Å². The lowest BCUT2D eigenvalue weighted by Gasteiger charge is -2.48. The number of aliphatic hydroxyl groups excluding tert-OH is 2. The minimum atomic E-state index is -0.190. The van der Waals surface area contributed by atoms with Crippen LogP contribution in [-0.2, 0) is 4.74 Å². The number of fused-ring (bicyclic) bond motifs is 2. The van der Waals surface area contributed by atoms with Gasteiger partial charge in [-0.3, -0.25) is 0 Å². The van der Waals surface area contributed by atoms with Crippen LogP contribution in [0.4, 0.5) is 0 Å². The first kappa shape index (κ1) is 34.2. The first-order valence-electron chi connectivity index (χ1n) is 17.5. The molecule has 240 valence electrons. The van der Waals surface area contributed by atoms with Crippen LogP contribution < -0.4 is 0 Å². The number of ether oxygens (including phenoxy) is 1. The highest BCUT2D eigenvalue weighted by Crippen LogP contribution is 2.49. The molecule has 2 N–H and O–H groups in total. The third-order valence-electron chi connectivity index (χ3n) is 11.9. The molecular weight excluding hydrogens is 528 g/mol. The van der Waals surface area contributed by atoms with Gasteiger partial charge in [0.25, 0.3) is 0 Å². The summed E-state index contributed by atoms with van der Waals surface area (Å²) in [5.41, 5.74) is 2.69. The minimum Gasteiger partial charge on any atom is -0.393 e. The van der Waals surface area contributed by atoms with Crippen LogP contribution in [0.1, 0.15) is 81.1 Å². The Bertz CT molecular complexity index is 993. The smallest absolute Gasteiger partial charge is 0.0594 e. The van der Waals surface area contributed by atoms with Crippen molar-refractivity contribution in [1.29, 1.82) is 0 Å². The highest BCUT2D eigenvalue weighted by molar-refractivity contribution is 5.19. The molecule has 3 heteroatoms. The van der Waals surface area contributed by atoms with Crippen molar-refractivity contribution in [3.05, 3.63) is 71.9 Å². The summed E-state index contributed by atoms with van der Waals surface area (Å²) in [5.74, 6) is 5.65. The summed E-state index contributed by atoms with van der Waals surface area (Å²) in [6.07, 6.45) is 27.2. The van der Waals surface area contributed by atoms with Crippen molar-refractivity contribution in [1.82, 2.24) is 0 Å². The predicted molar refractivity (Wildman–Crippen MR) is 181 cm³/mol. The molecule has 0 aliphatic heterocycles. The van der Waals surface area contributed by atoms with Crippen LogP contribution >= 0.6 is 0 Å². The monoisotopic (exact) mass is 590 g/mol. The quantitative estimate of drug-likeness (QED) is 0.152. The molecule has 0 heterocycles. The molecule has 2 fully saturated rings. The second-order valence-electron chi connectivity index (χ2n) is 15.2. The standard InChI is InChI=1S/C40H62O3/c1-25(11-9-13-35-27(3)15-17-33-23-29(5)39(41)31(7)37(33)35)19-21-43-22-20-26(2)12-10-14-36-28(4)16-18-34-24-30(6)40(42)32(8)38(34)36/h9-18,27-42H,19-24H2,1-8H3/b13-9+,14-10+,25-11+,26-12+/t27-,28-,29-,30-,31+,32+,33+,34+,35+,36+,37-,38-,39+,40+/m1/s1. The average molecular weight is 591 g/mol. The van der Waals surface area contributed by atoms with Crippen LogP contribution in [0.3, 0.4) is 0 Å². The van der Waals surface area contributed by atoms with Crippen LogP contribution in [0.5, 0.6) is 0 Å². The number of aliphatic hydroxyl groups is 2. The Morgan fingerprint density at radius 2 is 1.05 bits per heavy atom. The fourth-order valence-corrected chi connectivity index (χ4v) is 9.04. The van der Waals surface area contributed by atoms with Crippen molar-refractivity contribution in [2.45, 2.75) is 93.3 Å². The van der Waals surface area contributed by atoms with Crippen LogP contribution in [-0.4, -0.2) is 35.6 Å². The maximum Gasteiger partial charge on any atom is 0.0594 e. The van der Waals surface area contributed by atoms with Gasteiger partial charge in [0.15, 0.2) is 0 Å². The molecule has 3 nitrogen and oxygen atoms in total. The molecular formula is C40H62O3. The molecule has 4 rings (SSSR count). The first-order chi connectivity index (χ1) is 20.5. The zero-order chi connectivity index (χ0) is 31.3. The Balaban J connectivity index is 1.20. The van der Waals surface area contributed by atoms with E-state index in [-0.39, 0.29) is 12.2 Å². The van der Waals surface area contributed by atoms with Gasteiger partial charge in [-0.2, -0.15) is 0 Å². The summed E-state index contributed by atoms with van der Waals surface area (Å²) in [4.78, 5) is 0. The van der Waals surface area contributed by atoms with Gasteiger partial charge >= 0.3 is 0 Å². The zero-order valence-corrected chi connectivity index (χ0v) is 28.4. The molecule has 14 atom stereocenters. The summed E-state index contributed by atoms with van der Waals surface area (Å²) < 4.78 is 6.01. The molecule has 0 bridgehead atoms. The zero-order valence-electron chi connectivity index (χ0n) is 28.4. The molecule has 0 spiro atoms. The van der Waals surface area contributed by atoms with E-state index in [9.17, 15) is 10.2 Å². The van der Waals surface area contributed by atoms with Gasteiger partial charge in [-0.1, -0.05) is 113 Å². The molecule has 0 aromatic rings. The van der Waals surface area contributed by atoms with Gasteiger partial charge in [0.1, 0.15) is 0 Å². The molecule has 0 radical (unpaired) electrons. The highest BCUT2D eigenvalue weighted by Gasteiger charge is 2.45. The Kier molecular flexibility index (Phi) is 12.4. The van der Waals surface area contributed by atoms with E-state index in [4.69, 9.17) is 4.74 Å². The van der Waals surface area contributed by atoms with Crippen molar-refractivity contribution >= 4 is 0 Å². The van der Waals surface area contributed by atoms with E-state index in [1.165, 1.54) is 11.1 Å². The third-order valence-corrected chi connectivity index (χ3v) is 11.9. The third kappa shape index (κ3) is 8.33. The highest BCUT2D eigenvalue weighted by atomic mass is 16.5. The molecule has 0 unspecified atom stereocenters. The average Bonchev–Trinajstić information content (AvgIpc) is 2.97. The Hall–Kier alpha value is -1.68. The van der Waals surface area contributed by atoms with Gasteiger partial charge in [-0.25, -0.2) is 0 Å². The van der Waals surface area contributed by atoms with Gasteiger partial charge in [0.2, 0.25) is 0 Å². The molecule has 0 amide bonds. The van der Waals surface area contributed by atoms with E-state index in [1.54, 1.807) is 0 Å². The van der Waals surface area contributed by atoms with E-state index < -0.39 is 0 Å². The molecule has 0 aromatic heterocycles. The summed E-state index contributed by atoms with van der Waals surface area (Å²) in [6, 6.07) is 0. The lowest BCUT2D eigenvalue weighted by atomic mass is 9.58. The first-order valence-corrected chi connectivity index (χ1v) is 17.5. The maximum atomic E-state index is 10.8. The SMILES string of the molecule is C/C(=C\C=C\[C@@H]1[C@@H]2[C@H](C)[C@@H](O)[C@H](C)C[C@@H]2C=C[C@H]1C)CCOCC/C(C)=C/C=C/[C@@H]1[C@@H]2[C@H](C)[C@@H](O)[C@H](C)C[C@@H]2C=C[C@H]1C. The summed E-state index contributed by atoms with van der Waals surface area (Å²) >= 11 is 0. The van der Waals surface area contributed by atoms with E-state index in [0.29, 0.717) is 71.0 Å². The lowest BCUT2D eigenvalue weighted by Crippen LogP contribution is -2.46. The largest absolute Gasteiger partial charge is 0.393 e. The van der Waals surface area contributed by atoms with Crippen LogP contribution in [0.2, 0.25) is 0 Å². The molecule has 4 aliphatic carbocycles. The van der Waals surface area contributed by atoms with Gasteiger partial charge in [-0.05, 0) is 111 Å². The minimum absolute atomic E-state index is 0.190. The normalized spacial score (nSPS) is 43.8. The van der Waals surface area contributed by atoms with Crippen molar-refractivity contribution in [2.75, 3.05) is 13.2 Å². The van der Waals surface area contributed by atoms with Crippen LogP contribution in [0.15, 0.2) is 71.9 Å².